The molecule has 1 aromatic heterocycles. The zero-order valence-corrected chi connectivity index (χ0v) is 17.6. The Balaban J connectivity index is 1.51. The third-order valence-electron chi connectivity index (χ3n) is 5.17. The largest absolute Gasteiger partial charge is 0.493 e. The highest BCUT2D eigenvalue weighted by molar-refractivity contribution is 6.31. The predicted octanol–water partition coefficient (Wildman–Crippen LogP) is 6.37. The number of rotatable bonds is 7. The summed E-state index contributed by atoms with van der Waals surface area (Å²) in [6.07, 6.45) is 1.62. The van der Waals surface area contributed by atoms with E-state index in [0.29, 0.717) is 13.0 Å². The molecule has 0 atom stereocenters. The standard InChI is InChI=1S/C25H25ClN2O/c1-18-12-13-19(2)24(16-18)29-15-7-14-28-23-11-6-5-10-22(23)27-25(28)17-20-8-3-4-9-21(20)26/h3-6,8-13,16H,7,14-15,17H2,1-2H3. The van der Waals surface area contributed by atoms with E-state index < -0.39 is 0 Å². The van der Waals surface area contributed by atoms with E-state index in [1.54, 1.807) is 0 Å². The molecule has 0 amide bonds. The maximum atomic E-state index is 6.39. The van der Waals surface area contributed by atoms with E-state index in [9.17, 15) is 0 Å². The van der Waals surface area contributed by atoms with Gasteiger partial charge in [0, 0.05) is 18.0 Å². The summed E-state index contributed by atoms with van der Waals surface area (Å²) in [6, 6.07) is 22.6. The fourth-order valence-electron chi connectivity index (χ4n) is 3.59. The molecule has 3 nitrogen and oxygen atoms in total. The van der Waals surface area contributed by atoms with Crippen LogP contribution in [0.15, 0.2) is 66.7 Å². The smallest absolute Gasteiger partial charge is 0.122 e. The van der Waals surface area contributed by atoms with E-state index in [0.717, 1.165) is 46.2 Å². The number of ether oxygens (including phenoxy) is 1. The Labute approximate surface area is 176 Å². The van der Waals surface area contributed by atoms with Crippen LogP contribution in [0.3, 0.4) is 0 Å². The van der Waals surface area contributed by atoms with Crippen LogP contribution < -0.4 is 4.74 Å². The molecule has 3 aromatic carbocycles. The van der Waals surface area contributed by atoms with Crippen molar-refractivity contribution in [2.24, 2.45) is 0 Å². The molecule has 0 spiro atoms. The molecular weight excluding hydrogens is 380 g/mol. The second-order valence-electron chi connectivity index (χ2n) is 7.41. The molecule has 0 radical (unpaired) electrons. The molecular formula is C25H25ClN2O. The Morgan fingerprint density at radius 3 is 2.62 bits per heavy atom. The van der Waals surface area contributed by atoms with Crippen molar-refractivity contribution in [2.45, 2.75) is 33.2 Å². The van der Waals surface area contributed by atoms with Gasteiger partial charge in [0.05, 0.1) is 17.6 Å². The van der Waals surface area contributed by atoms with E-state index >= 15 is 0 Å². The molecule has 0 fully saturated rings. The zero-order valence-electron chi connectivity index (χ0n) is 16.9. The van der Waals surface area contributed by atoms with E-state index in [1.807, 2.05) is 24.3 Å². The Bertz CT molecular complexity index is 1130. The van der Waals surface area contributed by atoms with Crippen LogP contribution in [0.25, 0.3) is 11.0 Å². The molecule has 0 aliphatic heterocycles. The number of para-hydroxylation sites is 2. The molecule has 148 valence electrons. The Morgan fingerprint density at radius 2 is 1.76 bits per heavy atom. The maximum absolute atomic E-state index is 6.39. The summed E-state index contributed by atoms with van der Waals surface area (Å²) in [5.74, 6) is 2.00. The third-order valence-corrected chi connectivity index (χ3v) is 5.54. The molecule has 4 aromatic rings. The highest BCUT2D eigenvalue weighted by atomic mass is 35.5. The van der Waals surface area contributed by atoms with Crippen LogP contribution in [0.5, 0.6) is 5.75 Å². The average Bonchev–Trinajstić information content (AvgIpc) is 3.06. The van der Waals surface area contributed by atoms with Crippen molar-refractivity contribution in [2.75, 3.05) is 6.61 Å². The summed E-state index contributed by atoms with van der Waals surface area (Å²) >= 11 is 6.39. The van der Waals surface area contributed by atoms with Gasteiger partial charge in [0.1, 0.15) is 11.6 Å². The van der Waals surface area contributed by atoms with E-state index in [4.69, 9.17) is 21.3 Å². The van der Waals surface area contributed by atoms with Crippen molar-refractivity contribution in [3.63, 3.8) is 0 Å². The van der Waals surface area contributed by atoms with Crippen LogP contribution in [0.1, 0.15) is 28.9 Å². The average molecular weight is 405 g/mol. The minimum absolute atomic E-state index is 0.669. The van der Waals surface area contributed by atoms with Crippen LogP contribution >= 0.6 is 11.6 Å². The minimum atomic E-state index is 0.669. The number of aryl methyl sites for hydroxylation is 3. The summed E-state index contributed by atoms with van der Waals surface area (Å²) in [7, 11) is 0. The first-order valence-electron chi connectivity index (χ1n) is 9.99. The second-order valence-corrected chi connectivity index (χ2v) is 7.81. The lowest BCUT2D eigenvalue weighted by atomic mass is 10.1. The molecule has 0 bridgehead atoms. The third kappa shape index (κ3) is 4.46. The van der Waals surface area contributed by atoms with Gasteiger partial charge in [-0.3, -0.25) is 0 Å². The summed E-state index contributed by atoms with van der Waals surface area (Å²) in [5, 5.41) is 0.782. The van der Waals surface area contributed by atoms with Crippen LogP contribution in [0.4, 0.5) is 0 Å². The number of benzene rings is 3. The SMILES string of the molecule is Cc1ccc(C)c(OCCCn2c(Cc3ccccc3Cl)nc3ccccc32)c1. The highest BCUT2D eigenvalue weighted by Gasteiger charge is 2.12. The van der Waals surface area contributed by atoms with Crippen molar-refractivity contribution in [3.8, 4) is 5.75 Å². The van der Waals surface area contributed by atoms with Crippen LogP contribution in [0, 0.1) is 13.8 Å². The van der Waals surface area contributed by atoms with Crippen molar-refractivity contribution in [1.82, 2.24) is 9.55 Å². The minimum Gasteiger partial charge on any atom is -0.493 e. The number of hydrogen-bond acceptors (Lipinski definition) is 2. The van der Waals surface area contributed by atoms with Gasteiger partial charge in [0.15, 0.2) is 0 Å². The van der Waals surface area contributed by atoms with Gasteiger partial charge in [-0.2, -0.15) is 0 Å². The molecule has 0 saturated heterocycles. The number of hydrogen-bond donors (Lipinski definition) is 0. The van der Waals surface area contributed by atoms with E-state index in [1.165, 1.54) is 11.1 Å². The number of fused-ring (bicyclic) bond motifs is 1. The van der Waals surface area contributed by atoms with Gasteiger partial charge in [-0.05, 0) is 61.2 Å². The zero-order chi connectivity index (χ0) is 20.2. The normalized spacial score (nSPS) is 11.1. The molecule has 0 aliphatic rings. The number of imidazole rings is 1. The Hall–Kier alpha value is -2.78. The lowest BCUT2D eigenvalue weighted by Crippen LogP contribution is -2.09. The summed E-state index contributed by atoms with van der Waals surface area (Å²) < 4.78 is 8.35. The first-order valence-corrected chi connectivity index (χ1v) is 10.4. The van der Waals surface area contributed by atoms with Crippen molar-refractivity contribution < 1.29 is 4.74 Å². The van der Waals surface area contributed by atoms with Gasteiger partial charge < -0.3 is 9.30 Å². The van der Waals surface area contributed by atoms with Crippen molar-refractivity contribution in [3.05, 3.63) is 94.3 Å². The quantitative estimate of drug-likeness (QED) is 0.335. The molecule has 0 saturated carbocycles. The fraction of sp³-hybridized carbons (Fsp3) is 0.240. The second kappa shape index (κ2) is 8.71. The van der Waals surface area contributed by atoms with E-state index in [-0.39, 0.29) is 0 Å². The molecule has 4 heteroatoms. The van der Waals surface area contributed by atoms with E-state index in [2.05, 4.69) is 60.9 Å². The monoisotopic (exact) mass is 404 g/mol. The fourth-order valence-corrected chi connectivity index (χ4v) is 3.79. The maximum Gasteiger partial charge on any atom is 0.122 e. The molecule has 29 heavy (non-hydrogen) atoms. The van der Waals surface area contributed by atoms with Gasteiger partial charge in [0.2, 0.25) is 0 Å². The van der Waals surface area contributed by atoms with Gasteiger partial charge in [-0.1, -0.05) is 54.1 Å². The van der Waals surface area contributed by atoms with Gasteiger partial charge in [-0.25, -0.2) is 4.98 Å². The molecule has 0 N–H and O–H groups in total. The lowest BCUT2D eigenvalue weighted by molar-refractivity contribution is 0.300. The summed E-state index contributed by atoms with van der Waals surface area (Å²) in [5.41, 5.74) is 5.65. The number of nitrogens with zero attached hydrogens (tertiary/aromatic N) is 2. The van der Waals surface area contributed by atoms with Crippen LogP contribution in [0.2, 0.25) is 5.02 Å². The summed E-state index contributed by atoms with van der Waals surface area (Å²) in [4.78, 5) is 4.88. The van der Waals surface area contributed by atoms with Crippen molar-refractivity contribution >= 4 is 22.6 Å². The molecule has 0 aliphatic carbocycles. The Morgan fingerprint density at radius 1 is 0.966 bits per heavy atom. The lowest BCUT2D eigenvalue weighted by Gasteiger charge is -2.12. The molecule has 0 unspecified atom stereocenters. The summed E-state index contributed by atoms with van der Waals surface area (Å²) in [6.45, 7) is 5.69. The highest BCUT2D eigenvalue weighted by Crippen LogP contribution is 2.23. The van der Waals surface area contributed by atoms with Gasteiger partial charge in [-0.15, -0.1) is 0 Å². The molecule has 1 heterocycles. The van der Waals surface area contributed by atoms with Crippen LogP contribution in [-0.4, -0.2) is 16.2 Å². The predicted molar refractivity (Wildman–Crippen MR) is 120 cm³/mol. The number of halogens is 1. The van der Waals surface area contributed by atoms with Crippen molar-refractivity contribution in [1.29, 1.82) is 0 Å². The van der Waals surface area contributed by atoms with Gasteiger partial charge in [0.25, 0.3) is 0 Å². The van der Waals surface area contributed by atoms with Crippen LogP contribution in [-0.2, 0) is 13.0 Å². The first kappa shape index (κ1) is 19.5. The molecule has 4 rings (SSSR count). The van der Waals surface area contributed by atoms with Gasteiger partial charge >= 0.3 is 0 Å². The number of aromatic nitrogens is 2. The first-order chi connectivity index (χ1) is 14.1. The Kier molecular flexibility index (Phi) is 5.86. The topological polar surface area (TPSA) is 27.1 Å².